The van der Waals surface area contributed by atoms with E-state index in [4.69, 9.17) is 4.74 Å². The van der Waals surface area contributed by atoms with Gasteiger partial charge in [-0.3, -0.25) is 0 Å². The molecule has 0 amide bonds. The SMILES string of the molecule is C=CCOCC(O)CNc1ccc(C(C)C)cc1. The van der Waals surface area contributed by atoms with Crippen LogP contribution < -0.4 is 5.32 Å². The van der Waals surface area contributed by atoms with Gasteiger partial charge in [-0.2, -0.15) is 0 Å². The normalized spacial score (nSPS) is 12.4. The summed E-state index contributed by atoms with van der Waals surface area (Å²) in [6, 6.07) is 8.28. The molecule has 3 heteroatoms. The average molecular weight is 249 g/mol. The van der Waals surface area contributed by atoms with Crippen LogP contribution in [0.5, 0.6) is 0 Å². The fourth-order valence-electron chi connectivity index (χ4n) is 1.57. The van der Waals surface area contributed by atoms with Crippen LogP contribution in [0.25, 0.3) is 0 Å². The fourth-order valence-corrected chi connectivity index (χ4v) is 1.57. The van der Waals surface area contributed by atoms with Gasteiger partial charge >= 0.3 is 0 Å². The van der Waals surface area contributed by atoms with Gasteiger partial charge in [0.1, 0.15) is 0 Å². The van der Waals surface area contributed by atoms with Crippen LogP contribution in [-0.2, 0) is 4.74 Å². The Morgan fingerprint density at radius 1 is 1.33 bits per heavy atom. The van der Waals surface area contributed by atoms with Crippen LogP contribution in [0.1, 0.15) is 25.3 Å². The summed E-state index contributed by atoms with van der Waals surface area (Å²) in [7, 11) is 0. The minimum atomic E-state index is -0.505. The molecule has 0 aromatic heterocycles. The molecule has 0 heterocycles. The fraction of sp³-hybridized carbons (Fsp3) is 0.467. The van der Waals surface area contributed by atoms with E-state index in [1.54, 1.807) is 6.08 Å². The van der Waals surface area contributed by atoms with E-state index in [1.807, 2.05) is 12.1 Å². The number of hydrogen-bond acceptors (Lipinski definition) is 3. The van der Waals surface area contributed by atoms with Crippen molar-refractivity contribution in [3.05, 3.63) is 42.5 Å². The maximum Gasteiger partial charge on any atom is 0.0945 e. The summed E-state index contributed by atoms with van der Waals surface area (Å²) in [5, 5.41) is 12.8. The molecule has 1 aromatic rings. The number of nitrogens with one attached hydrogen (secondary N) is 1. The minimum absolute atomic E-state index is 0.323. The van der Waals surface area contributed by atoms with Crippen molar-refractivity contribution in [1.29, 1.82) is 0 Å². The summed E-state index contributed by atoms with van der Waals surface area (Å²) in [5.74, 6) is 0.539. The third-order valence-electron chi connectivity index (χ3n) is 2.67. The van der Waals surface area contributed by atoms with Gasteiger partial charge < -0.3 is 15.2 Å². The highest BCUT2D eigenvalue weighted by atomic mass is 16.5. The maximum absolute atomic E-state index is 9.66. The second-order valence-electron chi connectivity index (χ2n) is 4.64. The summed E-state index contributed by atoms with van der Waals surface area (Å²) < 4.78 is 5.18. The molecule has 18 heavy (non-hydrogen) atoms. The van der Waals surface area contributed by atoms with Gasteiger partial charge in [-0.05, 0) is 23.6 Å². The van der Waals surface area contributed by atoms with Crippen LogP contribution in [0.3, 0.4) is 0 Å². The molecule has 0 bridgehead atoms. The van der Waals surface area contributed by atoms with Crippen LogP contribution in [0.4, 0.5) is 5.69 Å². The number of aliphatic hydroxyl groups is 1. The number of ether oxygens (including phenoxy) is 1. The van der Waals surface area contributed by atoms with Gasteiger partial charge in [0.2, 0.25) is 0 Å². The lowest BCUT2D eigenvalue weighted by atomic mass is 10.0. The van der Waals surface area contributed by atoms with E-state index >= 15 is 0 Å². The smallest absolute Gasteiger partial charge is 0.0945 e. The Hall–Kier alpha value is -1.32. The van der Waals surface area contributed by atoms with Crippen molar-refractivity contribution in [3.63, 3.8) is 0 Å². The quantitative estimate of drug-likeness (QED) is 0.550. The lowest BCUT2D eigenvalue weighted by Gasteiger charge is -2.13. The third-order valence-corrected chi connectivity index (χ3v) is 2.67. The standard InChI is InChI=1S/C15H23NO2/c1-4-9-18-11-15(17)10-16-14-7-5-13(6-8-14)12(2)3/h4-8,12,15-17H,1,9-11H2,2-3H3. The Bertz CT molecular complexity index is 346. The Kier molecular flexibility index (Phi) is 6.47. The van der Waals surface area contributed by atoms with E-state index < -0.39 is 6.10 Å². The molecule has 0 aliphatic heterocycles. The third kappa shape index (κ3) is 5.34. The number of anilines is 1. The van der Waals surface area contributed by atoms with Crippen LogP contribution in [-0.4, -0.2) is 31.0 Å². The summed E-state index contributed by atoms with van der Waals surface area (Å²) in [6.07, 6.45) is 1.17. The van der Waals surface area contributed by atoms with Gasteiger partial charge in [0.15, 0.2) is 0 Å². The first-order chi connectivity index (χ1) is 8.63. The van der Waals surface area contributed by atoms with Crippen molar-refractivity contribution in [2.24, 2.45) is 0 Å². The van der Waals surface area contributed by atoms with Crippen molar-refractivity contribution >= 4 is 5.69 Å². The Morgan fingerprint density at radius 3 is 2.56 bits per heavy atom. The minimum Gasteiger partial charge on any atom is -0.389 e. The predicted octanol–water partition coefficient (Wildman–Crippen LogP) is 2.79. The molecule has 0 aliphatic rings. The first kappa shape index (κ1) is 14.7. The van der Waals surface area contributed by atoms with E-state index in [9.17, 15) is 5.11 Å². The summed E-state index contributed by atoms with van der Waals surface area (Å²) >= 11 is 0. The van der Waals surface area contributed by atoms with Crippen molar-refractivity contribution in [1.82, 2.24) is 0 Å². The molecule has 1 rings (SSSR count). The molecule has 1 atom stereocenters. The summed E-state index contributed by atoms with van der Waals surface area (Å²) in [6.45, 7) is 9.17. The Labute approximate surface area is 109 Å². The van der Waals surface area contributed by atoms with Crippen LogP contribution >= 0.6 is 0 Å². The Balaban J connectivity index is 2.32. The van der Waals surface area contributed by atoms with Gasteiger partial charge in [0.05, 0.1) is 19.3 Å². The monoisotopic (exact) mass is 249 g/mol. The highest BCUT2D eigenvalue weighted by Crippen LogP contribution is 2.16. The number of rotatable bonds is 8. The zero-order valence-electron chi connectivity index (χ0n) is 11.2. The molecule has 0 spiro atoms. The number of benzene rings is 1. The zero-order chi connectivity index (χ0) is 13.4. The van der Waals surface area contributed by atoms with E-state index in [0.717, 1.165) is 5.69 Å². The second kappa shape index (κ2) is 7.90. The van der Waals surface area contributed by atoms with Gasteiger partial charge in [-0.1, -0.05) is 32.1 Å². The molecule has 0 radical (unpaired) electrons. The van der Waals surface area contributed by atoms with Crippen molar-refractivity contribution in [3.8, 4) is 0 Å². The molecule has 2 N–H and O–H groups in total. The van der Waals surface area contributed by atoms with Gasteiger partial charge in [-0.25, -0.2) is 0 Å². The highest BCUT2D eigenvalue weighted by molar-refractivity contribution is 5.45. The largest absolute Gasteiger partial charge is 0.389 e. The second-order valence-corrected chi connectivity index (χ2v) is 4.64. The first-order valence-electron chi connectivity index (χ1n) is 6.34. The topological polar surface area (TPSA) is 41.5 Å². The molecule has 0 saturated carbocycles. The average Bonchev–Trinajstić information content (AvgIpc) is 2.37. The molecular formula is C15H23NO2. The number of hydrogen-bond donors (Lipinski definition) is 2. The molecule has 3 nitrogen and oxygen atoms in total. The molecule has 100 valence electrons. The van der Waals surface area contributed by atoms with Gasteiger partial charge in [0.25, 0.3) is 0 Å². The maximum atomic E-state index is 9.66. The van der Waals surface area contributed by atoms with Crippen molar-refractivity contribution < 1.29 is 9.84 Å². The summed E-state index contributed by atoms with van der Waals surface area (Å²) in [5.41, 5.74) is 2.33. The Morgan fingerprint density at radius 2 is 2.00 bits per heavy atom. The summed E-state index contributed by atoms with van der Waals surface area (Å²) in [4.78, 5) is 0. The highest BCUT2D eigenvalue weighted by Gasteiger charge is 2.04. The van der Waals surface area contributed by atoms with E-state index in [2.05, 4.69) is 37.9 Å². The molecule has 1 aromatic carbocycles. The zero-order valence-corrected chi connectivity index (χ0v) is 11.2. The van der Waals surface area contributed by atoms with Crippen LogP contribution in [0, 0.1) is 0 Å². The number of aliphatic hydroxyl groups excluding tert-OH is 1. The molecule has 0 aliphatic carbocycles. The van der Waals surface area contributed by atoms with Gasteiger partial charge in [0, 0.05) is 12.2 Å². The van der Waals surface area contributed by atoms with Crippen LogP contribution in [0.15, 0.2) is 36.9 Å². The van der Waals surface area contributed by atoms with E-state index in [-0.39, 0.29) is 0 Å². The molecule has 1 unspecified atom stereocenters. The molecule has 0 fully saturated rings. The predicted molar refractivity (Wildman–Crippen MR) is 76.0 cm³/mol. The first-order valence-corrected chi connectivity index (χ1v) is 6.34. The van der Waals surface area contributed by atoms with E-state index in [0.29, 0.717) is 25.7 Å². The molecule has 0 saturated heterocycles. The lowest BCUT2D eigenvalue weighted by Crippen LogP contribution is -2.24. The molecular weight excluding hydrogens is 226 g/mol. The lowest BCUT2D eigenvalue weighted by molar-refractivity contribution is 0.0566. The van der Waals surface area contributed by atoms with Crippen LogP contribution in [0.2, 0.25) is 0 Å². The van der Waals surface area contributed by atoms with E-state index in [1.165, 1.54) is 5.56 Å². The van der Waals surface area contributed by atoms with Crippen molar-refractivity contribution in [2.45, 2.75) is 25.9 Å². The van der Waals surface area contributed by atoms with Gasteiger partial charge in [-0.15, -0.1) is 6.58 Å². The van der Waals surface area contributed by atoms with Crippen molar-refractivity contribution in [2.75, 3.05) is 25.1 Å².